The second-order valence-corrected chi connectivity index (χ2v) is 8.16. The van der Waals surface area contributed by atoms with Crippen LogP contribution in [-0.4, -0.2) is 49.6 Å². The number of carbonyl (C=O) groups excluding carboxylic acids is 2. The molecule has 33 heavy (non-hydrogen) atoms. The van der Waals surface area contributed by atoms with Gasteiger partial charge in [-0.2, -0.15) is 5.10 Å². The maximum Gasteiger partial charge on any atom is 0.411 e. The highest BCUT2D eigenvalue weighted by atomic mass is 16.5. The minimum absolute atomic E-state index is 0.187. The van der Waals surface area contributed by atoms with E-state index in [4.69, 9.17) is 9.47 Å². The van der Waals surface area contributed by atoms with Gasteiger partial charge in [0, 0.05) is 23.4 Å². The van der Waals surface area contributed by atoms with Crippen LogP contribution in [0.25, 0.3) is 0 Å². The Labute approximate surface area is 193 Å². The molecule has 174 valence electrons. The highest BCUT2D eigenvalue weighted by Gasteiger charge is 2.23. The first kappa shape index (κ1) is 22.6. The maximum absolute atomic E-state index is 13.0. The van der Waals surface area contributed by atoms with E-state index in [1.54, 1.807) is 31.4 Å². The third kappa shape index (κ3) is 5.45. The van der Waals surface area contributed by atoms with E-state index >= 15 is 0 Å². The molecule has 0 atom stereocenters. The lowest BCUT2D eigenvalue weighted by Gasteiger charge is -2.24. The number of hydrogen-bond donors (Lipinski definition) is 1. The van der Waals surface area contributed by atoms with Gasteiger partial charge >= 0.3 is 6.09 Å². The molecule has 4 rings (SSSR count). The first-order chi connectivity index (χ1) is 16.1. The van der Waals surface area contributed by atoms with Crippen molar-refractivity contribution in [2.45, 2.75) is 44.6 Å². The standard InChI is InChI=1S/C25H29N3O5/c1-31-22-14-11-18(16-23(22)33-20-6-3-4-7-20)21-8-5-15-28(27-21)24(29)17-9-12-19(13-10-17)26-25(30)32-2/h9-14,16,20H,3-8,15H2,1-2H3,(H,26,30). The number of benzene rings is 2. The molecule has 0 bridgehead atoms. The fourth-order valence-corrected chi connectivity index (χ4v) is 4.14. The van der Waals surface area contributed by atoms with Crippen LogP contribution >= 0.6 is 0 Å². The van der Waals surface area contributed by atoms with Gasteiger partial charge in [-0.1, -0.05) is 0 Å². The van der Waals surface area contributed by atoms with E-state index in [9.17, 15) is 9.59 Å². The molecule has 1 aliphatic carbocycles. The van der Waals surface area contributed by atoms with Crippen molar-refractivity contribution in [1.29, 1.82) is 0 Å². The zero-order chi connectivity index (χ0) is 23.2. The van der Waals surface area contributed by atoms with Crippen molar-refractivity contribution < 1.29 is 23.8 Å². The van der Waals surface area contributed by atoms with Gasteiger partial charge in [0.2, 0.25) is 0 Å². The molecule has 1 aliphatic heterocycles. The summed E-state index contributed by atoms with van der Waals surface area (Å²) < 4.78 is 16.3. The number of nitrogens with zero attached hydrogens (tertiary/aromatic N) is 2. The quantitative estimate of drug-likeness (QED) is 0.679. The van der Waals surface area contributed by atoms with Crippen LogP contribution in [0.4, 0.5) is 10.5 Å². The zero-order valence-electron chi connectivity index (χ0n) is 19.0. The fourth-order valence-electron chi connectivity index (χ4n) is 4.14. The van der Waals surface area contributed by atoms with Crippen LogP contribution in [0.5, 0.6) is 11.5 Å². The lowest BCUT2D eigenvalue weighted by atomic mass is 10.0. The number of ether oxygens (including phenoxy) is 3. The summed E-state index contributed by atoms with van der Waals surface area (Å²) in [7, 11) is 2.94. The van der Waals surface area contributed by atoms with Crippen LogP contribution < -0.4 is 14.8 Å². The Hall–Kier alpha value is -3.55. The topological polar surface area (TPSA) is 89.5 Å². The molecule has 1 saturated carbocycles. The van der Waals surface area contributed by atoms with E-state index in [-0.39, 0.29) is 12.0 Å². The molecule has 8 heteroatoms. The lowest BCUT2D eigenvalue weighted by molar-refractivity contribution is 0.0751. The highest BCUT2D eigenvalue weighted by molar-refractivity contribution is 6.03. The fraction of sp³-hybridized carbons (Fsp3) is 0.400. The molecule has 8 nitrogen and oxygen atoms in total. The first-order valence-electron chi connectivity index (χ1n) is 11.3. The van der Waals surface area contributed by atoms with Gasteiger partial charge in [-0.15, -0.1) is 0 Å². The SMILES string of the molecule is COC(=O)Nc1ccc(C(=O)N2CCCC(c3ccc(OC)c(OC4CCCC4)c3)=N2)cc1. The zero-order valence-corrected chi connectivity index (χ0v) is 19.0. The van der Waals surface area contributed by atoms with Gasteiger partial charge < -0.3 is 14.2 Å². The summed E-state index contributed by atoms with van der Waals surface area (Å²) in [6.45, 7) is 0.548. The monoisotopic (exact) mass is 451 g/mol. The van der Waals surface area contributed by atoms with E-state index < -0.39 is 6.09 Å². The molecule has 0 saturated heterocycles. The number of amides is 2. The highest BCUT2D eigenvalue weighted by Crippen LogP contribution is 2.33. The van der Waals surface area contributed by atoms with Crippen molar-refractivity contribution in [2.24, 2.45) is 5.10 Å². The Bertz CT molecular complexity index is 1030. The van der Waals surface area contributed by atoms with E-state index in [1.165, 1.54) is 25.0 Å². The van der Waals surface area contributed by atoms with Gasteiger partial charge in [-0.3, -0.25) is 10.1 Å². The van der Waals surface area contributed by atoms with E-state index in [0.29, 0.717) is 23.5 Å². The van der Waals surface area contributed by atoms with Crippen LogP contribution in [0.3, 0.4) is 0 Å². The van der Waals surface area contributed by atoms with E-state index in [1.807, 2.05) is 18.2 Å². The van der Waals surface area contributed by atoms with Gasteiger partial charge in [-0.05, 0) is 81.0 Å². The summed E-state index contributed by atoms with van der Waals surface area (Å²) >= 11 is 0. The van der Waals surface area contributed by atoms with Crippen molar-refractivity contribution in [3.05, 3.63) is 53.6 Å². The van der Waals surface area contributed by atoms with Gasteiger partial charge in [0.05, 0.1) is 26.0 Å². The van der Waals surface area contributed by atoms with E-state index in [2.05, 4.69) is 15.2 Å². The summed E-state index contributed by atoms with van der Waals surface area (Å²) in [5.74, 6) is 1.24. The van der Waals surface area contributed by atoms with Crippen LogP contribution in [0.1, 0.15) is 54.4 Å². The molecule has 1 N–H and O–H groups in total. The van der Waals surface area contributed by atoms with Gasteiger partial charge in [-0.25, -0.2) is 9.80 Å². The van der Waals surface area contributed by atoms with Crippen molar-refractivity contribution in [2.75, 3.05) is 26.1 Å². The third-order valence-electron chi connectivity index (χ3n) is 5.92. The Morgan fingerprint density at radius 1 is 1.00 bits per heavy atom. The largest absolute Gasteiger partial charge is 0.493 e. The molecule has 0 radical (unpaired) electrons. The van der Waals surface area contributed by atoms with E-state index in [0.717, 1.165) is 42.7 Å². The number of rotatable bonds is 6. The maximum atomic E-state index is 13.0. The molecule has 0 aromatic heterocycles. The van der Waals surface area contributed by atoms with Crippen LogP contribution in [0, 0.1) is 0 Å². The summed E-state index contributed by atoms with van der Waals surface area (Å²) in [6.07, 6.45) is 5.76. The second kappa shape index (κ2) is 10.4. The number of carbonyl (C=O) groups is 2. The Balaban J connectivity index is 1.51. The van der Waals surface area contributed by atoms with Crippen LogP contribution in [0.15, 0.2) is 47.6 Å². The second-order valence-electron chi connectivity index (χ2n) is 8.16. The van der Waals surface area contributed by atoms with Crippen molar-refractivity contribution in [3.63, 3.8) is 0 Å². The van der Waals surface area contributed by atoms with Gasteiger partial charge in [0.1, 0.15) is 0 Å². The summed E-state index contributed by atoms with van der Waals surface area (Å²) in [5, 5.41) is 8.73. The molecule has 1 fully saturated rings. The van der Waals surface area contributed by atoms with Gasteiger partial charge in [0.15, 0.2) is 11.5 Å². The number of hydrazone groups is 1. The molecule has 0 unspecified atom stereocenters. The average molecular weight is 452 g/mol. The minimum Gasteiger partial charge on any atom is -0.493 e. The molecule has 2 aromatic rings. The van der Waals surface area contributed by atoms with Crippen molar-refractivity contribution in [1.82, 2.24) is 5.01 Å². The van der Waals surface area contributed by atoms with Crippen molar-refractivity contribution in [3.8, 4) is 11.5 Å². The lowest BCUT2D eigenvalue weighted by Crippen LogP contribution is -2.32. The Morgan fingerprint density at radius 3 is 2.45 bits per heavy atom. The van der Waals surface area contributed by atoms with Gasteiger partial charge in [0.25, 0.3) is 5.91 Å². The molecular weight excluding hydrogens is 422 g/mol. The number of anilines is 1. The summed E-state index contributed by atoms with van der Waals surface area (Å²) in [4.78, 5) is 24.4. The molecular formula is C25H29N3O5. The molecule has 0 spiro atoms. The first-order valence-corrected chi connectivity index (χ1v) is 11.3. The number of nitrogens with one attached hydrogen (secondary N) is 1. The summed E-state index contributed by atoms with van der Waals surface area (Å²) in [6, 6.07) is 12.5. The minimum atomic E-state index is -0.560. The Kier molecular flexibility index (Phi) is 7.12. The smallest absolute Gasteiger partial charge is 0.411 e. The normalized spacial score (nSPS) is 16.2. The molecule has 2 aliphatic rings. The van der Waals surface area contributed by atoms with Crippen LogP contribution in [0.2, 0.25) is 0 Å². The number of hydrogen-bond acceptors (Lipinski definition) is 6. The predicted octanol–water partition coefficient (Wildman–Crippen LogP) is 4.84. The van der Waals surface area contributed by atoms with Crippen molar-refractivity contribution >= 4 is 23.4 Å². The number of methoxy groups -OCH3 is 2. The van der Waals surface area contributed by atoms with Crippen LogP contribution in [-0.2, 0) is 4.74 Å². The third-order valence-corrected chi connectivity index (χ3v) is 5.92. The molecule has 1 heterocycles. The molecule has 2 aromatic carbocycles. The predicted molar refractivity (Wildman–Crippen MR) is 125 cm³/mol. The average Bonchev–Trinajstić information content (AvgIpc) is 3.37. The molecule has 2 amide bonds. The summed E-state index contributed by atoms with van der Waals surface area (Å²) in [5.41, 5.74) is 2.82. The Morgan fingerprint density at radius 2 is 1.76 bits per heavy atom.